The molecule has 17 heavy (non-hydrogen) atoms. The van der Waals surface area contributed by atoms with E-state index in [1.807, 2.05) is 0 Å². The van der Waals surface area contributed by atoms with Crippen molar-refractivity contribution in [2.45, 2.75) is 0 Å². The summed E-state index contributed by atoms with van der Waals surface area (Å²) in [5, 5.41) is 3.51. The van der Waals surface area contributed by atoms with Crippen LogP contribution in [0.4, 0.5) is 10.3 Å². The van der Waals surface area contributed by atoms with Gasteiger partial charge in [-0.1, -0.05) is 5.16 Å². The van der Waals surface area contributed by atoms with Gasteiger partial charge in [-0.05, 0) is 12.1 Å². The molecule has 0 saturated heterocycles. The number of rotatable bonds is 1. The van der Waals surface area contributed by atoms with Gasteiger partial charge in [-0.2, -0.15) is 0 Å². The van der Waals surface area contributed by atoms with Crippen molar-refractivity contribution in [3.8, 4) is 22.6 Å². The fraction of sp³-hybridized carbons (Fsp3) is 0.182. The number of nitrogen functional groups attached to an aromatic ring is 1. The van der Waals surface area contributed by atoms with Crippen LogP contribution >= 0.6 is 0 Å². The molecule has 6 heteroatoms. The van der Waals surface area contributed by atoms with E-state index in [0.717, 1.165) is 0 Å². The maximum atomic E-state index is 14.2. The van der Waals surface area contributed by atoms with E-state index in [0.29, 0.717) is 24.5 Å². The summed E-state index contributed by atoms with van der Waals surface area (Å²) >= 11 is 0. The van der Waals surface area contributed by atoms with Crippen molar-refractivity contribution in [3.63, 3.8) is 0 Å². The van der Waals surface area contributed by atoms with Crippen LogP contribution in [0.25, 0.3) is 11.1 Å². The normalized spacial score (nSPS) is 13.7. The second-order valence-electron chi connectivity index (χ2n) is 3.56. The lowest BCUT2D eigenvalue weighted by Gasteiger charge is -2.19. The molecule has 5 nitrogen and oxygen atoms in total. The van der Waals surface area contributed by atoms with E-state index < -0.39 is 5.82 Å². The molecule has 2 aromatic rings. The lowest BCUT2D eigenvalue weighted by molar-refractivity contribution is 0.164. The van der Waals surface area contributed by atoms with Gasteiger partial charge >= 0.3 is 0 Å². The summed E-state index contributed by atoms with van der Waals surface area (Å²) in [5.74, 6) is 0.0551. The molecule has 0 spiro atoms. The summed E-state index contributed by atoms with van der Waals surface area (Å²) in [4.78, 5) is 0. The van der Waals surface area contributed by atoms with E-state index in [1.165, 1.54) is 6.20 Å². The molecule has 1 aliphatic rings. The summed E-state index contributed by atoms with van der Waals surface area (Å²) in [6.45, 7) is 0.744. The van der Waals surface area contributed by atoms with Crippen molar-refractivity contribution < 1.29 is 18.4 Å². The number of hydrogen-bond donors (Lipinski definition) is 1. The van der Waals surface area contributed by atoms with Gasteiger partial charge in [0.15, 0.2) is 17.3 Å². The number of nitrogens with zero attached hydrogens (tertiary/aromatic N) is 1. The topological polar surface area (TPSA) is 70.5 Å². The fourth-order valence-electron chi connectivity index (χ4n) is 1.74. The van der Waals surface area contributed by atoms with Gasteiger partial charge in [0.1, 0.15) is 13.2 Å². The Morgan fingerprint density at radius 2 is 2.00 bits per heavy atom. The minimum atomic E-state index is -0.517. The third kappa shape index (κ3) is 1.49. The van der Waals surface area contributed by atoms with Gasteiger partial charge in [0, 0.05) is 5.56 Å². The van der Waals surface area contributed by atoms with Gasteiger partial charge in [-0.3, -0.25) is 0 Å². The first-order chi connectivity index (χ1) is 8.27. The number of nitrogens with two attached hydrogens (primary N) is 1. The van der Waals surface area contributed by atoms with Gasteiger partial charge in [0.05, 0.1) is 11.8 Å². The number of ether oxygens (including phenoxy) is 2. The van der Waals surface area contributed by atoms with E-state index in [4.69, 9.17) is 19.7 Å². The van der Waals surface area contributed by atoms with Crippen LogP contribution < -0.4 is 15.2 Å². The molecule has 0 atom stereocenters. The van der Waals surface area contributed by atoms with Gasteiger partial charge in [0.25, 0.3) is 0 Å². The highest BCUT2D eigenvalue weighted by atomic mass is 19.1. The van der Waals surface area contributed by atoms with Crippen molar-refractivity contribution in [3.05, 3.63) is 24.1 Å². The average molecular weight is 236 g/mol. The van der Waals surface area contributed by atoms with Crippen molar-refractivity contribution in [1.82, 2.24) is 5.16 Å². The molecule has 1 aliphatic heterocycles. The van der Waals surface area contributed by atoms with Crippen molar-refractivity contribution in [2.75, 3.05) is 18.9 Å². The monoisotopic (exact) mass is 236 g/mol. The van der Waals surface area contributed by atoms with Gasteiger partial charge in [-0.15, -0.1) is 0 Å². The molecule has 2 heterocycles. The zero-order valence-corrected chi connectivity index (χ0v) is 8.77. The van der Waals surface area contributed by atoms with Crippen LogP contribution in [0, 0.1) is 5.82 Å². The Kier molecular flexibility index (Phi) is 2.14. The van der Waals surface area contributed by atoms with Crippen LogP contribution in [-0.4, -0.2) is 18.4 Å². The molecular weight excluding hydrogens is 227 g/mol. The van der Waals surface area contributed by atoms with E-state index >= 15 is 0 Å². The van der Waals surface area contributed by atoms with Crippen LogP contribution in [-0.2, 0) is 0 Å². The highest BCUT2D eigenvalue weighted by molar-refractivity contribution is 5.74. The number of hydrogen-bond acceptors (Lipinski definition) is 5. The van der Waals surface area contributed by atoms with Crippen molar-refractivity contribution >= 4 is 5.88 Å². The lowest BCUT2D eigenvalue weighted by atomic mass is 10.1. The molecule has 0 unspecified atom stereocenters. The number of fused-ring (bicyclic) bond motifs is 1. The molecule has 0 bridgehead atoms. The van der Waals surface area contributed by atoms with Crippen molar-refractivity contribution in [2.24, 2.45) is 0 Å². The second-order valence-corrected chi connectivity index (χ2v) is 3.56. The molecular formula is C11H9FN2O3. The largest absolute Gasteiger partial charge is 0.486 e. The number of anilines is 1. The molecule has 2 N–H and O–H groups in total. The maximum absolute atomic E-state index is 14.2. The Morgan fingerprint density at radius 3 is 2.76 bits per heavy atom. The van der Waals surface area contributed by atoms with Gasteiger partial charge in [-0.25, -0.2) is 4.39 Å². The smallest absolute Gasteiger partial charge is 0.230 e. The first-order valence-corrected chi connectivity index (χ1v) is 5.06. The van der Waals surface area contributed by atoms with Crippen LogP contribution in [0.1, 0.15) is 0 Å². The summed E-state index contributed by atoms with van der Waals surface area (Å²) in [7, 11) is 0. The maximum Gasteiger partial charge on any atom is 0.230 e. The Bertz CT molecular complexity index is 568. The van der Waals surface area contributed by atoms with Gasteiger partial charge in [0.2, 0.25) is 5.88 Å². The van der Waals surface area contributed by atoms with Crippen LogP contribution in [0.5, 0.6) is 11.5 Å². The molecule has 0 radical (unpaired) electrons. The SMILES string of the molecule is Nc1oncc1-c1ccc2c(c1F)OCCO2. The Labute approximate surface area is 95.9 Å². The second kappa shape index (κ2) is 3.65. The van der Waals surface area contributed by atoms with E-state index in [9.17, 15) is 4.39 Å². The Balaban J connectivity index is 2.16. The highest BCUT2D eigenvalue weighted by Gasteiger charge is 2.22. The van der Waals surface area contributed by atoms with Crippen molar-refractivity contribution in [1.29, 1.82) is 0 Å². The van der Waals surface area contributed by atoms with E-state index in [2.05, 4.69) is 5.16 Å². The zero-order valence-electron chi connectivity index (χ0n) is 8.77. The van der Waals surface area contributed by atoms with Crippen LogP contribution in [0.15, 0.2) is 22.9 Å². The highest BCUT2D eigenvalue weighted by Crippen LogP contribution is 2.39. The molecule has 0 saturated carbocycles. The molecule has 0 aliphatic carbocycles. The molecule has 88 valence electrons. The Morgan fingerprint density at radius 1 is 1.18 bits per heavy atom. The summed E-state index contributed by atoms with van der Waals surface area (Å²) in [6, 6.07) is 3.20. The zero-order chi connectivity index (χ0) is 11.8. The predicted octanol–water partition coefficient (Wildman–Crippen LogP) is 1.83. The number of aromatic nitrogens is 1. The molecule has 1 aromatic heterocycles. The third-order valence-corrected chi connectivity index (χ3v) is 2.54. The van der Waals surface area contributed by atoms with E-state index in [-0.39, 0.29) is 17.2 Å². The first kappa shape index (κ1) is 9.95. The number of halogens is 1. The third-order valence-electron chi connectivity index (χ3n) is 2.54. The Hall–Kier alpha value is -2.24. The summed E-state index contributed by atoms with van der Waals surface area (Å²) < 4.78 is 29.4. The molecule has 3 rings (SSSR count). The lowest BCUT2D eigenvalue weighted by Crippen LogP contribution is -2.16. The molecule has 0 fully saturated rings. The van der Waals surface area contributed by atoms with E-state index in [1.54, 1.807) is 12.1 Å². The summed E-state index contributed by atoms with van der Waals surface area (Å²) in [5.41, 5.74) is 6.24. The quantitative estimate of drug-likeness (QED) is 0.817. The first-order valence-electron chi connectivity index (χ1n) is 5.06. The minimum Gasteiger partial charge on any atom is -0.486 e. The van der Waals surface area contributed by atoms with Crippen LogP contribution in [0.2, 0.25) is 0 Å². The number of benzene rings is 1. The summed E-state index contributed by atoms with van der Waals surface area (Å²) in [6.07, 6.45) is 1.36. The van der Waals surface area contributed by atoms with Crippen LogP contribution in [0.3, 0.4) is 0 Å². The fourth-order valence-corrected chi connectivity index (χ4v) is 1.74. The molecule has 1 aromatic carbocycles. The predicted molar refractivity (Wildman–Crippen MR) is 57.3 cm³/mol. The molecule has 0 amide bonds. The standard InChI is InChI=1S/C11H9FN2O3/c12-9-6(7-5-14-17-11(7)13)1-2-8-10(9)16-4-3-15-8/h1-2,5H,3-4,13H2. The average Bonchev–Trinajstić information content (AvgIpc) is 2.76. The van der Waals surface area contributed by atoms with Gasteiger partial charge < -0.3 is 19.7 Å². The minimum absolute atomic E-state index is 0.0700.